The van der Waals surface area contributed by atoms with Crippen LogP contribution in [0, 0.1) is 5.77 Å². The Hall–Kier alpha value is 1.03. The van der Waals surface area contributed by atoms with Crippen LogP contribution in [0.5, 0.6) is 0 Å². The molecular weight excluding hydrogens is 673 g/mol. The summed E-state index contributed by atoms with van der Waals surface area (Å²) in [6.45, 7) is 0. The van der Waals surface area contributed by atoms with Gasteiger partial charge in [-0.3, -0.25) is 4.79 Å². The van der Waals surface area contributed by atoms with Crippen molar-refractivity contribution in [1.29, 1.82) is 0 Å². The maximum atomic E-state index is 13.3. The normalized spacial score (nSPS) is 14.3. The lowest BCUT2D eigenvalue weighted by molar-refractivity contribution is -0.120. The Morgan fingerprint density at radius 1 is 0.769 bits per heavy atom. The number of hydrogen-bond donors (Lipinski definition) is 0. The number of thiophene rings is 4. The Morgan fingerprint density at radius 2 is 1.15 bits per heavy atom. The van der Waals surface area contributed by atoms with Gasteiger partial charge in [-0.25, -0.2) is 0 Å². The van der Waals surface area contributed by atoms with Gasteiger partial charge in [0.05, 0.1) is 17.6 Å². The number of halogens is 4. The lowest BCUT2D eigenvalue weighted by atomic mass is 9.93. The Morgan fingerprint density at radius 3 is 1.50 bits per heavy atom. The van der Waals surface area contributed by atoms with Crippen LogP contribution in [0.15, 0.2) is 24.3 Å². The quantitative estimate of drug-likeness (QED) is 0.148. The van der Waals surface area contributed by atoms with Gasteiger partial charge in [0.1, 0.15) is 0 Å². The third-order valence-corrected chi connectivity index (χ3v) is 11.0. The van der Waals surface area contributed by atoms with Crippen molar-refractivity contribution in [1.82, 2.24) is 0 Å². The Kier molecular flexibility index (Phi) is 6.57. The molecule has 0 aliphatic heterocycles. The van der Waals surface area contributed by atoms with E-state index < -0.39 is 0 Å². The van der Waals surface area contributed by atoms with Crippen LogP contribution in [0.4, 0.5) is 0 Å². The molecule has 0 aliphatic carbocycles. The summed E-state index contributed by atoms with van der Waals surface area (Å²) in [5, 5.41) is 0. The van der Waals surface area contributed by atoms with E-state index in [1.807, 2.05) is 0 Å². The minimum Gasteiger partial charge on any atom is -0.298 e. The third kappa shape index (κ3) is 3.88. The molecule has 0 aromatic carbocycles. The molecule has 4 rings (SSSR count). The van der Waals surface area contributed by atoms with E-state index in [0.717, 1.165) is 9.75 Å². The number of hydrogen-bond acceptors (Lipinski definition) is 5. The molecule has 0 saturated heterocycles. The van der Waals surface area contributed by atoms with Crippen molar-refractivity contribution in [2.24, 2.45) is 0 Å². The van der Waals surface area contributed by atoms with E-state index in [1.165, 1.54) is 24.6 Å². The highest BCUT2D eigenvalue weighted by atomic mass is 127. The highest BCUT2D eigenvalue weighted by Crippen LogP contribution is 2.42. The molecule has 2 unspecified atom stereocenters. The van der Waals surface area contributed by atoms with Gasteiger partial charge in [0.15, 0.2) is 5.78 Å². The average molecular weight is 683 g/mol. The second-order valence-corrected chi connectivity index (χ2v) is 14.5. The van der Waals surface area contributed by atoms with E-state index in [9.17, 15) is 4.79 Å². The summed E-state index contributed by atoms with van der Waals surface area (Å²) in [7, 11) is 0. The van der Waals surface area contributed by atoms with Crippen LogP contribution in [0.1, 0.15) is 21.6 Å². The Bertz CT molecular complexity index is 945. The smallest absolute Gasteiger partial charge is 0.151 e. The topological polar surface area (TPSA) is 17.1 Å². The van der Waals surface area contributed by atoms with Crippen LogP contribution in [-0.2, 0) is 4.79 Å². The molecule has 4 heterocycles. The molecule has 4 aromatic heterocycles. The predicted octanol–water partition coefficient (Wildman–Crippen LogP) is 8.36. The molecule has 136 valence electrons. The van der Waals surface area contributed by atoms with E-state index in [0.29, 0.717) is 0 Å². The Labute approximate surface area is 204 Å². The summed E-state index contributed by atoms with van der Waals surface area (Å²) in [5.74, 6) is 0.0943. The van der Waals surface area contributed by atoms with Crippen LogP contribution in [0.2, 0.25) is 0 Å². The molecule has 0 bridgehead atoms. The molecule has 0 aliphatic rings. The van der Waals surface area contributed by atoms with Gasteiger partial charge in [-0.2, -0.15) is 0 Å². The van der Waals surface area contributed by atoms with Crippen LogP contribution in [0.3, 0.4) is 0 Å². The summed E-state index contributed by atoms with van der Waals surface area (Å²) in [6.07, 6.45) is 0. The number of alkyl halides is 2. The molecule has 26 heavy (non-hydrogen) atoms. The zero-order chi connectivity index (χ0) is 18.4. The molecular formula is C17H10Cl2I2OS4. The standard InChI is InChI=1S/C17H10Cl2I2OS4/c18-5-7(9-1-11-13(23-9)3-15(20)25-11)17(22)8(6-19)10-2-12-14(24-10)4-16(21)26-12/h1-4,7-8H,5-6H2. The van der Waals surface area contributed by atoms with Crippen molar-refractivity contribution in [3.8, 4) is 0 Å². The number of fused-ring (bicyclic) bond motifs is 2. The van der Waals surface area contributed by atoms with Crippen molar-refractivity contribution >= 4 is 138 Å². The third-order valence-electron chi connectivity index (χ3n) is 4.07. The first-order chi connectivity index (χ1) is 12.5. The van der Waals surface area contributed by atoms with Gasteiger partial charge in [0.2, 0.25) is 0 Å². The van der Waals surface area contributed by atoms with E-state index in [1.54, 1.807) is 45.3 Å². The minimum atomic E-state index is -0.303. The molecule has 2 atom stereocenters. The highest BCUT2D eigenvalue weighted by Gasteiger charge is 2.31. The average Bonchev–Trinajstić information content (AvgIpc) is 3.28. The first kappa shape index (κ1) is 20.3. The van der Waals surface area contributed by atoms with Crippen LogP contribution >= 0.6 is 114 Å². The fourth-order valence-corrected chi connectivity index (χ4v) is 10.6. The molecule has 1 nitrogen and oxygen atoms in total. The summed E-state index contributed by atoms with van der Waals surface area (Å²) < 4.78 is 7.43. The second kappa shape index (κ2) is 8.41. The van der Waals surface area contributed by atoms with Crippen molar-refractivity contribution < 1.29 is 4.79 Å². The minimum absolute atomic E-state index is 0.127. The number of ketones is 1. The van der Waals surface area contributed by atoms with Crippen molar-refractivity contribution in [3.63, 3.8) is 0 Å². The molecule has 4 aromatic rings. The molecule has 0 spiro atoms. The molecule has 0 saturated carbocycles. The summed E-state index contributed by atoms with van der Waals surface area (Å²) >= 11 is 24.0. The largest absolute Gasteiger partial charge is 0.298 e. The van der Waals surface area contributed by atoms with Crippen LogP contribution in [-0.4, -0.2) is 17.5 Å². The van der Waals surface area contributed by atoms with Crippen molar-refractivity contribution in [3.05, 3.63) is 39.8 Å². The van der Waals surface area contributed by atoms with E-state index in [4.69, 9.17) is 23.2 Å². The van der Waals surface area contributed by atoms with E-state index in [2.05, 4.69) is 69.4 Å². The predicted molar refractivity (Wildman–Crippen MR) is 137 cm³/mol. The number of carbonyl (C=O) groups excluding carboxylic acids is 1. The Balaban J connectivity index is 1.66. The molecule has 0 N–H and O–H groups in total. The zero-order valence-electron chi connectivity index (χ0n) is 12.9. The first-order valence-electron chi connectivity index (χ1n) is 7.53. The van der Waals surface area contributed by atoms with Gasteiger partial charge in [0.25, 0.3) is 0 Å². The second-order valence-electron chi connectivity index (χ2n) is 5.67. The summed E-state index contributed by atoms with van der Waals surface area (Å²) in [4.78, 5) is 15.4. The number of carbonyl (C=O) groups is 1. The fraction of sp³-hybridized carbons (Fsp3) is 0.235. The first-order valence-corrected chi connectivity index (χ1v) is 14.0. The SMILES string of the molecule is O=C(C(CCl)c1cc2sc(I)cc2s1)C(CCl)c1cc2sc(I)cc2s1. The van der Waals surface area contributed by atoms with Crippen molar-refractivity contribution in [2.75, 3.05) is 11.8 Å². The van der Waals surface area contributed by atoms with Gasteiger partial charge in [0, 0.05) is 40.3 Å². The van der Waals surface area contributed by atoms with Gasteiger partial charge >= 0.3 is 0 Å². The van der Waals surface area contributed by atoms with Gasteiger partial charge in [-0.05, 0) is 69.4 Å². The molecule has 0 radical (unpaired) electrons. The lowest BCUT2D eigenvalue weighted by Gasteiger charge is -2.17. The molecule has 0 amide bonds. The lowest BCUT2D eigenvalue weighted by Crippen LogP contribution is -2.22. The van der Waals surface area contributed by atoms with Gasteiger partial charge < -0.3 is 0 Å². The summed E-state index contributed by atoms with van der Waals surface area (Å²) in [5.41, 5.74) is 0. The molecule has 9 heteroatoms. The van der Waals surface area contributed by atoms with Gasteiger partial charge in [-0.15, -0.1) is 68.5 Å². The highest BCUT2D eigenvalue weighted by molar-refractivity contribution is 14.1. The fourth-order valence-electron chi connectivity index (χ4n) is 2.82. The van der Waals surface area contributed by atoms with Crippen LogP contribution < -0.4 is 0 Å². The summed E-state index contributed by atoms with van der Waals surface area (Å²) in [6, 6.07) is 8.58. The molecule has 0 fully saturated rings. The maximum absolute atomic E-state index is 13.3. The van der Waals surface area contributed by atoms with Crippen molar-refractivity contribution in [2.45, 2.75) is 11.8 Å². The maximum Gasteiger partial charge on any atom is 0.151 e. The van der Waals surface area contributed by atoms with Crippen LogP contribution in [0.25, 0.3) is 18.8 Å². The number of rotatable bonds is 6. The monoisotopic (exact) mass is 682 g/mol. The zero-order valence-corrected chi connectivity index (χ0v) is 22.0. The van der Waals surface area contributed by atoms with E-state index >= 15 is 0 Å². The van der Waals surface area contributed by atoms with E-state index in [-0.39, 0.29) is 29.4 Å². The number of Topliss-reactive ketones (excluding diaryl/α,β-unsaturated/α-hetero) is 1. The van der Waals surface area contributed by atoms with Gasteiger partial charge in [-0.1, -0.05) is 0 Å².